The Bertz CT molecular complexity index is 755. The lowest BCUT2D eigenvalue weighted by Crippen LogP contribution is -2.25. The normalized spacial score (nSPS) is 10.5. The van der Waals surface area contributed by atoms with Crippen molar-refractivity contribution in [3.63, 3.8) is 0 Å². The lowest BCUT2D eigenvalue weighted by Gasteiger charge is -2.07. The summed E-state index contributed by atoms with van der Waals surface area (Å²) in [6.07, 6.45) is 4.33. The van der Waals surface area contributed by atoms with Crippen LogP contribution in [0.5, 0.6) is 0 Å². The number of anilines is 1. The zero-order valence-electron chi connectivity index (χ0n) is 11.9. The van der Waals surface area contributed by atoms with Gasteiger partial charge in [0.05, 0.1) is 5.69 Å². The number of pyridine rings is 1. The van der Waals surface area contributed by atoms with Gasteiger partial charge in [-0.2, -0.15) is 15.4 Å². The molecule has 0 atom stereocenters. The first-order chi connectivity index (χ1) is 10.8. The van der Waals surface area contributed by atoms with Crippen LogP contribution >= 0.6 is 0 Å². The van der Waals surface area contributed by atoms with Crippen LogP contribution in [0, 0.1) is 0 Å². The van der Waals surface area contributed by atoms with E-state index in [0.717, 1.165) is 24.2 Å². The highest BCUT2D eigenvalue weighted by Crippen LogP contribution is 2.10. The molecule has 0 aliphatic heterocycles. The van der Waals surface area contributed by atoms with Gasteiger partial charge in [0.2, 0.25) is 0 Å². The molecule has 3 N–H and O–H groups in total. The largest absolute Gasteiger partial charge is 0.384 e. The predicted molar refractivity (Wildman–Crippen MR) is 83.6 cm³/mol. The van der Waals surface area contributed by atoms with Crippen molar-refractivity contribution < 1.29 is 4.79 Å². The van der Waals surface area contributed by atoms with Gasteiger partial charge < -0.3 is 10.6 Å². The minimum Gasteiger partial charge on any atom is -0.384 e. The highest BCUT2D eigenvalue weighted by Gasteiger charge is 2.07. The van der Waals surface area contributed by atoms with Crippen LogP contribution in [0.3, 0.4) is 0 Å². The molecular formula is C15H16N6O. The Morgan fingerprint density at radius 1 is 1.14 bits per heavy atom. The van der Waals surface area contributed by atoms with Crippen molar-refractivity contribution in [3.8, 4) is 0 Å². The standard InChI is InChI=1S/C15H16N6O/c22-15(11-4-5-13-14(9-11)20-21-19-13)18-8-2-7-17-12-3-1-6-16-10-12/h1,3-6,9-10,17H,2,7-8H2,(H,18,22)(H,19,20,21). The van der Waals surface area contributed by atoms with Gasteiger partial charge in [-0.25, -0.2) is 0 Å². The van der Waals surface area contributed by atoms with Crippen LogP contribution in [-0.4, -0.2) is 39.4 Å². The van der Waals surface area contributed by atoms with Gasteiger partial charge in [-0.15, -0.1) is 0 Å². The first kappa shape index (κ1) is 14.0. The van der Waals surface area contributed by atoms with Gasteiger partial charge in [0.1, 0.15) is 11.0 Å². The molecule has 2 aromatic heterocycles. The van der Waals surface area contributed by atoms with E-state index in [1.165, 1.54) is 0 Å². The molecule has 0 bridgehead atoms. The molecule has 0 spiro atoms. The van der Waals surface area contributed by atoms with E-state index in [9.17, 15) is 4.79 Å². The molecule has 112 valence electrons. The number of benzene rings is 1. The molecule has 0 saturated heterocycles. The average Bonchev–Trinajstić information content (AvgIpc) is 3.03. The Hall–Kier alpha value is -2.96. The number of hydrogen-bond donors (Lipinski definition) is 3. The summed E-state index contributed by atoms with van der Waals surface area (Å²) in [5, 5.41) is 16.6. The van der Waals surface area contributed by atoms with Crippen molar-refractivity contribution in [2.45, 2.75) is 6.42 Å². The van der Waals surface area contributed by atoms with Crippen molar-refractivity contribution in [2.24, 2.45) is 0 Å². The molecule has 0 fully saturated rings. The molecule has 0 unspecified atom stereocenters. The lowest BCUT2D eigenvalue weighted by atomic mass is 10.2. The van der Waals surface area contributed by atoms with Gasteiger partial charge in [0.15, 0.2) is 0 Å². The first-order valence-electron chi connectivity index (χ1n) is 7.05. The number of H-pyrrole nitrogens is 1. The SMILES string of the molecule is O=C(NCCCNc1cccnc1)c1ccc2n[nH]nc2c1. The van der Waals surface area contributed by atoms with Gasteiger partial charge in [-0.1, -0.05) is 0 Å². The number of nitrogens with zero attached hydrogens (tertiary/aromatic N) is 3. The highest BCUT2D eigenvalue weighted by molar-refractivity contribution is 5.97. The summed E-state index contributed by atoms with van der Waals surface area (Å²) in [4.78, 5) is 16.1. The highest BCUT2D eigenvalue weighted by atomic mass is 16.1. The van der Waals surface area contributed by atoms with E-state index in [1.54, 1.807) is 30.6 Å². The van der Waals surface area contributed by atoms with Gasteiger partial charge in [-0.3, -0.25) is 9.78 Å². The average molecular weight is 296 g/mol. The Balaban J connectivity index is 1.44. The summed E-state index contributed by atoms with van der Waals surface area (Å²) >= 11 is 0. The molecule has 3 rings (SSSR count). The summed E-state index contributed by atoms with van der Waals surface area (Å²) < 4.78 is 0. The van der Waals surface area contributed by atoms with E-state index in [4.69, 9.17) is 0 Å². The summed E-state index contributed by atoms with van der Waals surface area (Å²) in [7, 11) is 0. The second kappa shape index (κ2) is 6.66. The minimum atomic E-state index is -0.105. The summed E-state index contributed by atoms with van der Waals surface area (Å²) in [5.74, 6) is -0.105. The van der Waals surface area contributed by atoms with E-state index >= 15 is 0 Å². The number of hydrogen-bond acceptors (Lipinski definition) is 5. The topological polar surface area (TPSA) is 95.6 Å². The van der Waals surface area contributed by atoms with Gasteiger partial charge >= 0.3 is 0 Å². The molecule has 1 aromatic carbocycles. The maximum atomic E-state index is 12.0. The fraction of sp³-hybridized carbons (Fsp3) is 0.200. The van der Waals surface area contributed by atoms with Crippen molar-refractivity contribution in [2.75, 3.05) is 18.4 Å². The minimum absolute atomic E-state index is 0.105. The molecule has 3 aromatic rings. The van der Waals surface area contributed by atoms with E-state index < -0.39 is 0 Å². The summed E-state index contributed by atoms with van der Waals surface area (Å²) in [5.41, 5.74) is 3.00. The van der Waals surface area contributed by atoms with Gasteiger partial charge in [0.25, 0.3) is 5.91 Å². The third kappa shape index (κ3) is 3.38. The number of aromatic amines is 1. The molecule has 0 aliphatic rings. The number of aromatic nitrogens is 4. The second-order valence-electron chi connectivity index (χ2n) is 4.81. The molecule has 0 radical (unpaired) electrons. The Morgan fingerprint density at radius 2 is 2.05 bits per heavy atom. The zero-order chi connectivity index (χ0) is 15.2. The Morgan fingerprint density at radius 3 is 2.91 bits per heavy atom. The van der Waals surface area contributed by atoms with Crippen LogP contribution in [-0.2, 0) is 0 Å². The first-order valence-corrected chi connectivity index (χ1v) is 7.05. The molecule has 2 heterocycles. The van der Waals surface area contributed by atoms with Crippen LogP contribution in [0.4, 0.5) is 5.69 Å². The predicted octanol–water partition coefficient (Wildman–Crippen LogP) is 1.58. The number of carbonyl (C=O) groups excluding carboxylic acids is 1. The van der Waals surface area contributed by atoms with Crippen molar-refractivity contribution in [1.29, 1.82) is 0 Å². The Labute approximate surface area is 127 Å². The van der Waals surface area contributed by atoms with Crippen LogP contribution < -0.4 is 10.6 Å². The quantitative estimate of drug-likeness (QED) is 0.600. The number of nitrogens with one attached hydrogen (secondary N) is 3. The molecule has 7 nitrogen and oxygen atoms in total. The Kier molecular flexibility index (Phi) is 4.24. The molecule has 0 aliphatic carbocycles. The fourth-order valence-corrected chi connectivity index (χ4v) is 2.07. The number of rotatable bonds is 6. The smallest absolute Gasteiger partial charge is 0.251 e. The monoisotopic (exact) mass is 296 g/mol. The number of fused-ring (bicyclic) bond motifs is 1. The molecule has 7 heteroatoms. The van der Waals surface area contributed by atoms with Gasteiger partial charge in [-0.05, 0) is 36.8 Å². The molecule has 22 heavy (non-hydrogen) atoms. The summed E-state index contributed by atoms with van der Waals surface area (Å²) in [6, 6.07) is 9.08. The van der Waals surface area contributed by atoms with E-state index in [-0.39, 0.29) is 5.91 Å². The lowest BCUT2D eigenvalue weighted by molar-refractivity contribution is 0.0953. The third-order valence-corrected chi connectivity index (χ3v) is 3.21. The maximum absolute atomic E-state index is 12.0. The number of carbonyl (C=O) groups is 1. The maximum Gasteiger partial charge on any atom is 0.251 e. The second-order valence-corrected chi connectivity index (χ2v) is 4.81. The summed E-state index contributed by atoms with van der Waals surface area (Å²) in [6.45, 7) is 1.37. The van der Waals surface area contributed by atoms with Gasteiger partial charge in [0, 0.05) is 31.0 Å². The van der Waals surface area contributed by atoms with Crippen LogP contribution in [0.2, 0.25) is 0 Å². The van der Waals surface area contributed by atoms with Crippen molar-refractivity contribution in [1.82, 2.24) is 25.7 Å². The van der Waals surface area contributed by atoms with E-state index in [1.807, 2.05) is 12.1 Å². The van der Waals surface area contributed by atoms with Crippen molar-refractivity contribution >= 4 is 22.6 Å². The fourth-order valence-electron chi connectivity index (χ4n) is 2.07. The van der Waals surface area contributed by atoms with E-state index in [2.05, 4.69) is 31.0 Å². The number of amides is 1. The van der Waals surface area contributed by atoms with Crippen LogP contribution in [0.25, 0.3) is 11.0 Å². The van der Waals surface area contributed by atoms with E-state index in [0.29, 0.717) is 17.6 Å². The third-order valence-electron chi connectivity index (χ3n) is 3.21. The van der Waals surface area contributed by atoms with Crippen molar-refractivity contribution in [3.05, 3.63) is 48.3 Å². The van der Waals surface area contributed by atoms with Crippen LogP contribution in [0.15, 0.2) is 42.7 Å². The molecule has 0 saturated carbocycles. The van der Waals surface area contributed by atoms with Crippen LogP contribution in [0.1, 0.15) is 16.8 Å². The zero-order valence-corrected chi connectivity index (χ0v) is 11.9. The molecule has 1 amide bonds. The molecular weight excluding hydrogens is 280 g/mol.